The summed E-state index contributed by atoms with van der Waals surface area (Å²) in [6.07, 6.45) is 0. The van der Waals surface area contributed by atoms with E-state index in [4.69, 9.17) is 0 Å². The van der Waals surface area contributed by atoms with Gasteiger partial charge in [0.05, 0.1) is 5.69 Å². The zero-order valence-corrected chi connectivity index (χ0v) is 14.6. The molecule has 0 radical (unpaired) electrons. The highest BCUT2D eigenvalue weighted by Gasteiger charge is 2.12. The van der Waals surface area contributed by atoms with Gasteiger partial charge in [0.1, 0.15) is 0 Å². The van der Waals surface area contributed by atoms with Gasteiger partial charge >= 0.3 is 0 Å². The number of rotatable bonds is 4. The lowest BCUT2D eigenvalue weighted by atomic mass is 10.1. The first-order valence-electron chi connectivity index (χ1n) is 7.99. The van der Waals surface area contributed by atoms with Crippen molar-refractivity contribution in [3.63, 3.8) is 0 Å². The lowest BCUT2D eigenvalue weighted by Gasteiger charge is -2.11. The van der Waals surface area contributed by atoms with E-state index in [0.29, 0.717) is 22.8 Å². The smallest absolute Gasteiger partial charge is 0.256 e. The van der Waals surface area contributed by atoms with E-state index in [-0.39, 0.29) is 11.8 Å². The molecule has 0 atom stereocenters. The van der Waals surface area contributed by atoms with Crippen LogP contribution in [0.3, 0.4) is 0 Å². The average Bonchev–Trinajstić information content (AvgIpc) is 3.02. The summed E-state index contributed by atoms with van der Waals surface area (Å²) < 4.78 is 1.58. The standard InChI is InChI=1S/C18H18N6O2/c1-11-7-8-15(19-13(3)25)10-17(11)18(26)20-14-5-4-6-16(9-14)24-12(2)21-22-23-24/h4-10H,1-3H3,(H,19,25)(H,20,26). The highest BCUT2D eigenvalue weighted by atomic mass is 16.2. The summed E-state index contributed by atoms with van der Waals surface area (Å²) in [5.74, 6) is 0.192. The van der Waals surface area contributed by atoms with E-state index < -0.39 is 0 Å². The number of carbonyl (C=O) groups is 2. The second-order valence-corrected chi connectivity index (χ2v) is 5.85. The number of hydrogen-bond donors (Lipinski definition) is 2. The highest BCUT2D eigenvalue weighted by molar-refractivity contribution is 6.06. The molecule has 0 fully saturated rings. The highest BCUT2D eigenvalue weighted by Crippen LogP contribution is 2.19. The molecule has 3 aromatic rings. The molecule has 26 heavy (non-hydrogen) atoms. The molecule has 0 unspecified atom stereocenters. The van der Waals surface area contributed by atoms with Gasteiger partial charge in [-0.3, -0.25) is 9.59 Å². The zero-order valence-electron chi connectivity index (χ0n) is 14.6. The first-order chi connectivity index (χ1) is 12.4. The second-order valence-electron chi connectivity index (χ2n) is 5.85. The van der Waals surface area contributed by atoms with E-state index in [9.17, 15) is 9.59 Å². The van der Waals surface area contributed by atoms with E-state index in [1.54, 1.807) is 41.9 Å². The lowest BCUT2D eigenvalue weighted by molar-refractivity contribution is -0.114. The predicted octanol–water partition coefficient (Wildman–Crippen LogP) is 2.49. The van der Waals surface area contributed by atoms with Crippen molar-refractivity contribution >= 4 is 23.2 Å². The summed E-state index contributed by atoms with van der Waals surface area (Å²) >= 11 is 0. The van der Waals surface area contributed by atoms with Crippen LogP contribution in [0.5, 0.6) is 0 Å². The largest absolute Gasteiger partial charge is 0.326 e. The summed E-state index contributed by atoms with van der Waals surface area (Å²) in [5.41, 5.74) is 3.23. The fraction of sp³-hybridized carbons (Fsp3) is 0.167. The molecule has 132 valence electrons. The van der Waals surface area contributed by atoms with Gasteiger partial charge in [0.25, 0.3) is 5.91 Å². The van der Waals surface area contributed by atoms with Crippen LogP contribution in [0.15, 0.2) is 42.5 Å². The number of aromatic nitrogens is 4. The molecule has 0 bridgehead atoms. The van der Waals surface area contributed by atoms with Gasteiger partial charge in [-0.25, -0.2) is 0 Å². The van der Waals surface area contributed by atoms with Crippen LogP contribution in [-0.4, -0.2) is 32.0 Å². The minimum Gasteiger partial charge on any atom is -0.326 e. The van der Waals surface area contributed by atoms with Crippen molar-refractivity contribution in [2.75, 3.05) is 10.6 Å². The number of anilines is 2. The molecule has 0 saturated carbocycles. The number of carbonyl (C=O) groups excluding carboxylic acids is 2. The molecule has 2 amide bonds. The molecule has 8 heteroatoms. The monoisotopic (exact) mass is 350 g/mol. The Bertz CT molecular complexity index is 979. The van der Waals surface area contributed by atoms with Crippen molar-refractivity contribution in [2.45, 2.75) is 20.8 Å². The van der Waals surface area contributed by atoms with Crippen molar-refractivity contribution in [1.82, 2.24) is 20.2 Å². The quantitative estimate of drug-likeness (QED) is 0.753. The Balaban J connectivity index is 1.84. The molecule has 2 aromatic carbocycles. The SMILES string of the molecule is CC(=O)Nc1ccc(C)c(C(=O)Nc2cccc(-n3nnnc3C)c2)c1. The zero-order chi connectivity index (χ0) is 18.7. The molecular weight excluding hydrogens is 332 g/mol. The third-order valence-electron chi connectivity index (χ3n) is 3.78. The van der Waals surface area contributed by atoms with Crippen molar-refractivity contribution in [2.24, 2.45) is 0 Å². The number of nitrogens with zero attached hydrogens (tertiary/aromatic N) is 4. The summed E-state index contributed by atoms with van der Waals surface area (Å²) in [4.78, 5) is 23.9. The van der Waals surface area contributed by atoms with Crippen LogP contribution in [-0.2, 0) is 4.79 Å². The van der Waals surface area contributed by atoms with E-state index >= 15 is 0 Å². The summed E-state index contributed by atoms with van der Waals surface area (Å²) in [5, 5.41) is 16.9. The van der Waals surface area contributed by atoms with Gasteiger partial charge in [0.2, 0.25) is 5.91 Å². The number of nitrogens with one attached hydrogen (secondary N) is 2. The molecule has 0 saturated heterocycles. The van der Waals surface area contributed by atoms with Crippen LogP contribution in [0.25, 0.3) is 5.69 Å². The van der Waals surface area contributed by atoms with Crippen LogP contribution < -0.4 is 10.6 Å². The minimum absolute atomic E-state index is 0.190. The van der Waals surface area contributed by atoms with Crippen molar-refractivity contribution in [1.29, 1.82) is 0 Å². The summed E-state index contributed by atoms with van der Waals surface area (Å²) in [6.45, 7) is 5.06. The Morgan fingerprint density at radius 3 is 2.46 bits per heavy atom. The Labute approximate surface area is 150 Å². The molecule has 2 N–H and O–H groups in total. The van der Waals surface area contributed by atoms with Gasteiger partial charge in [-0.1, -0.05) is 12.1 Å². The molecule has 0 aliphatic heterocycles. The van der Waals surface area contributed by atoms with E-state index in [1.807, 2.05) is 19.1 Å². The Hall–Kier alpha value is -3.55. The van der Waals surface area contributed by atoms with Gasteiger partial charge in [-0.15, -0.1) is 5.10 Å². The normalized spacial score (nSPS) is 10.4. The molecule has 3 rings (SSSR count). The van der Waals surface area contributed by atoms with Crippen LogP contribution in [0.1, 0.15) is 28.7 Å². The number of tetrazole rings is 1. The summed E-state index contributed by atoms with van der Waals surface area (Å²) in [6, 6.07) is 12.4. The Morgan fingerprint density at radius 2 is 1.77 bits per heavy atom. The van der Waals surface area contributed by atoms with Gasteiger partial charge in [0.15, 0.2) is 5.82 Å². The van der Waals surface area contributed by atoms with Crippen molar-refractivity contribution < 1.29 is 9.59 Å². The fourth-order valence-electron chi connectivity index (χ4n) is 2.53. The van der Waals surface area contributed by atoms with Crippen LogP contribution in [0.2, 0.25) is 0 Å². The second kappa shape index (κ2) is 7.14. The fourth-order valence-corrected chi connectivity index (χ4v) is 2.53. The van der Waals surface area contributed by atoms with Crippen LogP contribution in [0.4, 0.5) is 11.4 Å². The molecule has 0 aliphatic rings. The van der Waals surface area contributed by atoms with E-state index in [0.717, 1.165) is 11.3 Å². The molecule has 8 nitrogen and oxygen atoms in total. The number of benzene rings is 2. The average molecular weight is 350 g/mol. The first-order valence-corrected chi connectivity index (χ1v) is 7.99. The Morgan fingerprint density at radius 1 is 1.00 bits per heavy atom. The molecular formula is C18H18N6O2. The van der Waals surface area contributed by atoms with Gasteiger partial charge in [-0.2, -0.15) is 4.68 Å². The maximum absolute atomic E-state index is 12.7. The van der Waals surface area contributed by atoms with Gasteiger partial charge < -0.3 is 10.6 Å². The number of hydrogen-bond acceptors (Lipinski definition) is 5. The summed E-state index contributed by atoms with van der Waals surface area (Å²) in [7, 11) is 0. The third kappa shape index (κ3) is 3.75. The van der Waals surface area contributed by atoms with Crippen molar-refractivity contribution in [3.05, 3.63) is 59.4 Å². The van der Waals surface area contributed by atoms with E-state index in [1.165, 1.54) is 6.92 Å². The molecule has 1 aromatic heterocycles. The number of aryl methyl sites for hydroxylation is 2. The van der Waals surface area contributed by atoms with Crippen molar-refractivity contribution in [3.8, 4) is 5.69 Å². The maximum Gasteiger partial charge on any atom is 0.256 e. The Kier molecular flexibility index (Phi) is 4.74. The molecule has 1 heterocycles. The van der Waals surface area contributed by atoms with Gasteiger partial charge in [0, 0.05) is 23.9 Å². The topological polar surface area (TPSA) is 102 Å². The predicted molar refractivity (Wildman–Crippen MR) is 97.3 cm³/mol. The number of amides is 2. The minimum atomic E-state index is -0.264. The van der Waals surface area contributed by atoms with Crippen LogP contribution >= 0.6 is 0 Å². The molecule has 0 spiro atoms. The van der Waals surface area contributed by atoms with Crippen LogP contribution in [0, 0.1) is 13.8 Å². The van der Waals surface area contributed by atoms with Gasteiger partial charge in [-0.05, 0) is 60.2 Å². The maximum atomic E-state index is 12.7. The first kappa shape index (κ1) is 17.3. The molecule has 0 aliphatic carbocycles. The third-order valence-corrected chi connectivity index (χ3v) is 3.78. The van der Waals surface area contributed by atoms with E-state index in [2.05, 4.69) is 26.2 Å². The lowest BCUT2D eigenvalue weighted by Crippen LogP contribution is -2.15.